The highest BCUT2D eigenvalue weighted by molar-refractivity contribution is 5.66. The second-order valence-corrected chi connectivity index (χ2v) is 6.25. The predicted octanol–water partition coefficient (Wildman–Crippen LogP) is 3.27. The average molecular weight is 342 g/mol. The first-order valence-corrected chi connectivity index (χ1v) is 8.49. The van der Waals surface area contributed by atoms with E-state index in [-0.39, 0.29) is 12.5 Å². The number of carbonyl (C=O) groups is 1. The monoisotopic (exact) mass is 342 g/mol. The maximum Gasteiger partial charge on any atom is 0.303 e. The molecule has 0 bridgehead atoms. The number of rotatable bonds is 9. The Kier molecular flexibility index (Phi) is 6.95. The Hall–Kier alpha value is -2.40. The molecule has 1 aromatic carbocycles. The molecule has 0 aliphatic heterocycles. The highest BCUT2D eigenvalue weighted by Gasteiger charge is 2.14. The molecule has 0 saturated carbocycles. The van der Waals surface area contributed by atoms with Crippen LogP contribution in [0.4, 0.5) is 0 Å². The number of ether oxygens (including phenoxy) is 1. The van der Waals surface area contributed by atoms with Gasteiger partial charge in [-0.05, 0) is 43.4 Å². The van der Waals surface area contributed by atoms with Crippen LogP contribution in [0.1, 0.15) is 35.2 Å². The van der Waals surface area contributed by atoms with Crippen molar-refractivity contribution < 1.29 is 14.6 Å². The van der Waals surface area contributed by atoms with Crippen LogP contribution in [-0.4, -0.2) is 29.2 Å². The summed E-state index contributed by atoms with van der Waals surface area (Å²) in [5, 5.41) is 12.5. The fourth-order valence-corrected chi connectivity index (χ4v) is 2.91. The molecule has 0 saturated heterocycles. The van der Waals surface area contributed by atoms with Gasteiger partial charge in [-0.1, -0.05) is 30.3 Å². The second-order valence-electron chi connectivity index (χ2n) is 6.25. The SMILES string of the molecule is COc1cc(C)c(CNC(CCC(=O)O)Cc2ccccc2)c(C)n1. The number of hydrogen-bond acceptors (Lipinski definition) is 4. The van der Waals surface area contributed by atoms with Crippen molar-refractivity contribution >= 4 is 5.97 Å². The molecule has 0 aliphatic rings. The van der Waals surface area contributed by atoms with Crippen LogP contribution in [0.2, 0.25) is 0 Å². The first-order valence-electron chi connectivity index (χ1n) is 8.49. The second kappa shape index (κ2) is 9.18. The van der Waals surface area contributed by atoms with Crippen molar-refractivity contribution in [1.29, 1.82) is 0 Å². The lowest BCUT2D eigenvalue weighted by atomic mass is 10.0. The molecule has 0 radical (unpaired) electrons. The number of pyridine rings is 1. The summed E-state index contributed by atoms with van der Waals surface area (Å²) in [5.41, 5.74) is 4.38. The van der Waals surface area contributed by atoms with E-state index in [0.29, 0.717) is 18.8 Å². The van der Waals surface area contributed by atoms with E-state index in [1.165, 1.54) is 5.56 Å². The van der Waals surface area contributed by atoms with Crippen LogP contribution >= 0.6 is 0 Å². The Balaban J connectivity index is 2.07. The number of carboxylic acids is 1. The van der Waals surface area contributed by atoms with Crippen LogP contribution in [-0.2, 0) is 17.8 Å². The Morgan fingerprint density at radius 1 is 1.28 bits per heavy atom. The normalized spacial score (nSPS) is 12.0. The van der Waals surface area contributed by atoms with E-state index < -0.39 is 5.97 Å². The summed E-state index contributed by atoms with van der Waals surface area (Å²) in [6, 6.07) is 12.2. The van der Waals surface area contributed by atoms with Gasteiger partial charge in [-0.3, -0.25) is 4.79 Å². The average Bonchev–Trinajstić information content (AvgIpc) is 2.59. The summed E-state index contributed by atoms with van der Waals surface area (Å²) < 4.78 is 5.20. The van der Waals surface area contributed by atoms with Crippen molar-refractivity contribution in [3.05, 3.63) is 58.8 Å². The number of nitrogens with one attached hydrogen (secondary N) is 1. The minimum absolute atomic E-state index is 0.0967. The van der Waals surface area contributed by atoms with E-state index in [2.05, 4.69) is 22.4 Å². The number of aryl methyl sites for hydroxylation is 2. The molecule has 1 aromatic heterocycles. The molecule has 1 heterocycles. The van der Waals surface area contributed by atoms with Crippen molar-refractivity contribution in [3.8, 4) is 5.88 Å². The maximum atomic E-state index is 11.0. The number of nitrogens with zero attached hydrogens (tertiary/aromatic N) is 1. The number of aromatic nitrogens is 1. The molecule has 0 amide bonds. The molecule has 25 heavy (non-hydrogen) atoms. The molecule has 0 fully saturated rings. The largest absolute Gasteiger partial charge is 0.481 e. The molecule has 2 aromatic rings. The lowest BCUT2D eigenvalue weighted by Gasteiger charge is -2.20. The highest BCUT2D eigenvalue weighted by Crippen LogP contribution is 2.18. The van der Waals surface area contributed by atoms with Crippen LogP contribution in [0.5, 0.6) is 5.88 Å². The minimum Gasteiger partial charge on any atom is -0.481 e. The summed E-state index contributed by atoms with van der Waals surface area (Å²) in [7, 11) is 1.61. The molecule has 0 aliphatic carbocycles. The Morgan fingerprint density at radius 3 is 2.60 bits per heavy atom. The molecule has 134 valence electrons. The molecule has 0 spiro atoms. The van der Waals surface area contributed by atoms with Gasteiger partial charge in [0.1, 0.15) is 0 Å². The predicted molar refractivity (Wildman–Crippen MR) is 97.9 cm³/mol. The van der Waals surface area contributed by atoms with Crippen molar-refractivity contribution in [2.24, 2.45) is 0 Å². The lowest BCUT2D eigenvalue weighted by Crippen LogP contribution is -2.32. The quantitative estimate of drug-likeness (QED) is 0.732. The van der Waals surface area contributed by atoms with Crippen LogP contribution in [0.15, 0.2) is 36.4 Å². The molecule has 2 N–H and O–H groups in total. The van der Waals surface area contributed by atoms with Gasteiger partial charge >= 0.3 is 5.97 Å². The summed E-state index contributed by atoms with van der Waals surface area (Å²) in [5.74, 6) is -0.149. The maximum absolute atomic E-state index is 11.0. The lowest BCUT2D eigenvalue weighted by molar-refractivity contribution is -0.137. The van der Waals surface area contributed by atoms with Crippen molar-refractivity contribution in [2.45, 2.75) is 45.7 Å². The van der Waals surface area contributed by atoms with Gasteiger partial charge in [0.15, 0.2) is 0 Å². The standard InChI is InChI=1S/C20H26N2O3/c1-14-11-19(25-3)22-15(2)18(14)13-21-17(9-10-20(23)24)12-16-7-5-4-6-8-16/h4-8,11,17,21H,9-10,12-13H2,1-3H3,(H,23,24). The van der Waals surface area contributed by atoms with Crippen molar-refractivity contribution in [2.75, 3.05) is 7.11 Å². The van der Waals surface area contributed by atoms with Crippen LogP contribution in [0, 0.1) is 13.8 Å². The van der Waals surface area contributed by atoms with Crippen molar-refractivity contribution in [3.63, 3.8) is 0 Å². The molecule has 5 heteroatoms. The van der Waals surface area contributed by atoms with Crippen LogP contribution in [0.25, 0.3) is 0 Å². The zero-order valence-electron chi connectivity index (χ0n) is 15.1. The van der Waals surface area contributed by atoms with Gasteiger partial charge in [-0.2, -0.15) is 0 Å². The molecule has 1 atom stereocenters. The topological polar surface area (TPSA) is 71.5 Å². The third-order valence-electron chi connectivity index (χ3n) is 4.34. The fraction of sp³-hybridized carbons (Fsp3) is 0.400. The minimum atomic E-state index is -0.765. The van der Waals surface area contributed by atoms with E-state index in [1.54, 1.807) is 7.11 Å². The van der Waals surface area contributed by atoms with Gasteiger partial charge in [0, 0.05) is 30.8 Å². The number of hydrogen-bond donors (Lipinski definition) is 2. The van der Waals surface area contributed by atoms with E-state index in [4.69, 9.17) is 9.84 Å². The summed E-state index contributed by atoms with van der Waals surface area (Å²) in [4.78, 5) is 15.4. The molecule has 1 unspecified atom stereocenters. The van der Waals surface area contributed by atoms with Gasteiger partial charge in [-0.25, -0.2) is 4.98 Å². The van der Waals surface area contributed by atoms with Crippen LogP contribution < -0.4 is 10.1 Å². The van der Waals surface area contributed by atoms with Crippen molar-refractivity contribution in [1.82, 2.24) is 10.3 Å². The molecule has 5 nitrogen and oxygen atoms in total. The van der Waals surface area contributed by atoms with E-state index in [9.17, 15) is 4.79 Å². The molecular formula is C20H26N2O3. The summed E-state index contributed by atoms with van der Waals surface area (Å²) in [6.07, 6.45) is 1.55. The zero-order chi connectivity index (χ0) is 18.2. The Bertz CT molecular complexity index is 678. The van der Waals surface area contributed by atoms with Gasteiger partial charge in [0.2, 0.25) is 5.88 Å². The van der Waals surface area contributed by atoms with Crippen LogP contribution in [0.3, 0.4) is 0 Å². The number of methoxy groups -OCH3 is 1. The highest BCUT2D eigenvalue weighted by atomic mass is 16.5. The Labute approximate surface area is 149 Å². The number of carboxylic acid groups (broad SMARTS) is 1. The smallest absolute Gasteiger partial charge is 0.303 e. The number of benzene rings is 1. The van der Waals surface area contributed by atoms with Gasteiger partial charge in [-0.15, -0.1) is 0 Å². The summed E-state index contributed by atoms with van der Waals surface area (Å²) >= 11 is 0. The fourth-order valence-electron chi connectivity index (χ4n) is 2.91. The first kappa shape index (κ1) is 18.9. The Morgan fingerprint density at radius 2 is 2.00 bits per heavy atom. The zero-order valence-corrected chi connectivity index (χ0v) is 15.1. The number of aliphatic carboxylic acids is 1. The first-order chi connectivity index (χ1) is 12.0. The van der Waals surface area contributed by atoms with E-state index >= 15 is 0 Å². The van der Waals surface area contributed by atoms with E-state index in [0.717, 1.165) is 23.2 Å². The molecule has 2 rings (SSSR count). The van der Waals surface area contributed by atoms with E-state index in [1.807, 2.05) is 38.1 Å². The van der Waals surface area contributed by atoms with Gasteiger partial charge in [0.05, 0.1) is 7.11 Å². The van der Waals surface area contributed by atoms with Gasteiger partial charge in [0.25, 0.3) is 0 Å². The summed E-state index contributed by atoms with van der Waals surface area (Å²) in [6.45, 7) is 4.67. The third-order valence-corrected chi connectivity index (χ3v) is 4.34. The van der Waals surface area contributed by atoms with Gasteiger partial charge < -0.3 is 15.2 Å². The third kappa shape index (κ3) is 5.87. The molecular weight excluding hydrogens is 316 g/mol.